The Bertz CT molecular complexity index is 691. The van der Waals surface area contributed by atoms with Gasteiger partial charge in [0.15, 0.2) is 0 Å². The molecule has 0 bridgehead atoms. The summed E-state index contributed by atoms with van der Waals surface area (Å²) in [5.41, 5.74) is -0.164. The Hall–Kier alpha value is -2.47. The lowest BCUT2D eigenvalue weighted by Gasteiger charge is -2.07. The van der Waals surface area contributed by atoms with Crippen LogP contribution in [0.15, 0.2) is 36.5 Å². The summed E-state index contributed by atoms with van der Waals surface area (Å²) in [6, 6.07) is 5.84. The number of amides is 1. The van der Waals surface area contributed by atoms with Crippen LogP contribution >= 0.6 is 11.6 Å². The van der Waals surface area contributed by atoms with Crippen molar-refractivity contribution in [3.63, 3.8) is 0 Å². The first-order valence-electron chi connectivity index (χ1n) is 5.43. The Labute approximate surface area is 118 Å². The molecule has 2 N–H and O–H groups in total. The molecule has 0 atom stereocenters. The molecule has 1 amide bonds. The predicted octanol–water partition coefficient (Wildman–Crippen LogP) is 2.82. The van der Waals surface area contributed by atoms with Crippen LogP contribution < -0.4 is 5.32 Å². The van der Waals surface area contributed by atoms with Gasteiger partial charge in [-0.05, 0) is 30.3 Å². The highest BCUT2D eigenvalue weighted by Gasteiger charge is 2.12. The van der Waals surface area contributed by atoms with Gasteiger partial charge in [0.1, 0.15) is 11.0 Å². The molecule has 2 aromatic rings. The Morgan fingerprint density at radius 3 is 2.60 bits per heavy atom. The maximum absolute atomic E-state index is 13.5. The molecule has 20 heavy (non-hydrogen) atoms. The topological polar surface area (TPSA) is 79.3 Å². The molecule has 102 valence electrons. The second-order valence-electron chi connectivity index (χ2n) is 3.82. The third kappa shape index (κ3) is 3.10. The zero-order chi connectivity index (χ0) is 14.7. The highest BCUT2D eigenvalue weighted by molar-refractivity contribution is 6.29. The third-order valence-electron chi connectivity index (χ3n) is 2.45. The van der Waals surface area contributed by atoms with Gasteiger partial charge in [-0.1, -0.05) is 11.6 Å². The van der Waals surface area contributed by atoms with E-state index in [1.165, 1.54) is 18.3 Å². The molecule has 1 aromatic heterocycles. The van der Waals surface area contributed by atoms with Crippen molar-refractivity contribution in [2.75, 3.05) is 5.32 Å². The van der Waals surface area contributed by atoms with Crippen molar-refractivity contribution in [3.05, 3.63) is 58.6 Å². The number of aromatic carboxylic acids is 1. The van der Waals surface area contributed by atoms with Crippen LogP contribution in [0.1, 0.15) is 20.7 Å². The predicted molar refractivity (Wildman–Crippen MR) is 70.6 cm³/mol. The minimum Gasteiger partial charge on any atom is -0.478 e. The average Bonchev–Trinajstić information content (AvgIpc) is 2.41. The highest BCUT2D eigenvalue weighted by atomic mass is 35.5. The van der Waals surface area contributed by atoms with Gasteiger partial charge in [0.25, 0.3) is 5.91 Å². The van der Waals surface area contributed by atoms with Gasteiger partial charge in [0.2, 0.25) is 0 Å². The number of aromatic nitrogens is 1. The number of carboxylic acid groups (broad SMARTS) is 1. The number of benzene rings is 1. The lowest BCUT2D eigenvalue weighted by Crippen LogP contribution is -2.13. The number of nitrogens with zero attached hydrogens (tertiary/aromatic N) is 1. The number of anilines is 1. The first-order valence-corrected chi connectivity index (χ1v) is 5.81. The van der Waals surface area contributed by atoms with Crippen LogP contribution in [0.25, 0.3) is 0 Å². The van der Waals surface area contributed by atoms with Gasteiger partial charge in [-0.25, -0.2) is 14.2 Å². The summed E-state index contributed by atoms with van der Waals surface area (Å²) in [5.74, 6) is -2.56. The fourth-order valence-electron chi connectivity index (χ4n) is 1.49. The zero-order valence-electron chi connectivity index (χ0n) is 9.93. The van der Waals surface area contributed by atoms with Crippen molar-refractivity contribution >= 4 is 29.2 Å². The molecule has 0 saturated heterocycles. The van der Waals surface area contributed by atoms with Crippen LogP contribution in [0.4, 0.5) is 10.1 Å². The Balaban J connectivity index is 2.27. The normalized spacial score (nSPS) is 10.1. The highest BCUT2D eigenvalue weighted by Crippen LogP contribution is 2.18. The molecule has 0 saturated carbocycles. The standard InChI is InChI=1S/C13H8ClFN2O3/c14-11-6-7(3-4-16-11)12(18)17-10-5-8(13(19)20)1-2-9(10)15/h1-6H,(H,17,18)(H,19,20). The summed E-state index contributed by atoms with van der Waals surface area (Å²) in [6.07, 6.45) is 1.33. The van der Waals surface area contributed by atoms with E-state index in [4.69, 9.17) is 16.7 Å². The Morgan fingerprint density at radius 2 is 1.95 bits per heavy atom. The van der Waals surface area contributed by atoms with E-state index in [1.54, 1.807) is 0 Å². The molecule has 0 aliphatic carbocycles. The quantitative estimate of drug-likeness (QED) is 0.853. The average molecular weight is 295 g/mol. The third-order valence-corrected chi connectivity index (χ3v) is 2.66. The summed E-state index contributed by atoms with van der Waals surface area (Å²) >= 11 is 5.65. The molecule has 2 rings (SSSR count). The fraction of sp³-hybridized carbons (Fsp3) is 0. The number of carbonyl (C=O) groups excluding carboxylic acids is 1. The van der Waals surface area contributed by atoms with Crippen LogP contribution in [0.3, 0.4) is 0 Å². The Morgan fingerprint density at radius 1 is 1.20 bits per heavy atom. The van der Waals surface area contributed by atoms with Gasteiger partial charge in [-0.15, -0.1) is 0 Å². The first-order chi connectivity index (χ1) is 9.47. The van der Waals surface area contributed by atoms with E-state index in [-0.39, 0.29) is 22.0 Å². The van der Waals surface area contributed by atoms with Crippen molar-refractivity contribution in [2.24, 2.45) is 0 Å². The lowest BCUT2D eigenvalue weighted by atomic mass is 10.2. The summed E-state index contributed by atoms with van der Waals surface area (Å²) in [5, 5.41) is 11.2. The largest absolute Gasteiger partial charge is 0.478 e. The van der Waals surface area contributed by atoms with Gasteiger partial charge in [-0.3, -0.25) is 4.79 Å². The molecule has 0 aliphatic rings. The number of rotatable bonds is 3. The second kappa shape index (κ2) is 5.66. The maximum Gasteiger partial charge on any atom is 0.335 e. The number of hydrogen-bond donors (Lipinski definition) is 2. The molecule has 1 aromatic carbocycles. The van der Waals surface area contributed by atoms with Crippen molar-refractivity contribution in [2.45, 2.75) is 0 Å². The molecule has 7 heteroatoms. The van der Waals surface area contributed by atoms with Crippen LogP contribution in [0.2, 0.25) is 5.15 Å². The van der Waals surface area contributed by atoms with Crippen molar-refractivity contribution in [1.29, 1.82) is 0 Å². The van der Waals surface area contributed by atoms with E-state index in [9.17, 15) is 14.0 Å². The van der Waals surface area contributed by atoms with Crippen LogP contribution in [-0.2, 0) is 0 Å². The van der Waals surface area contributed by atoms with Gasteiger partial charge < -0.3 is 10.4 Å². The molecular formula is C13H8ClFN2O3. The molecule has 0 aliphatic heterocycles. The van der Waals surface area contributed by atoms with E-state index in [0.29, 0.717) is 0 Å². The van der Waals surface area contributed by atoms with Gasteiger partial charge in [0, 0.05) is 11.8 Å². The number of pyridine rings is 1. The zero-order valence-corrected chi connectivity index (χ0v) is 10.7. The molecule has 0 unspecified atom stereocenters. The van der Waals surface area contributed by atoms with Crippen molar-refractivity contribution < 1.29 is 19.1 Å². The van der Waals surface area contributed by atoms with Gasteiger partial charge in [-0.2, -0.15) is 0 Å². The molecule has 1 heterocycles. The lowest BCUT2D eigenvalue weighted by molar-refractivity contribution is 0.0696. The van der Waals surface area contributed by atoms with E-state index < -0.39 is 17.7 Å². The monoisotopic (exact) mass is 294 g/mol. The number of nitrogens with one attached hydrogen (secondary N) is 1. The van der Waals surface area contributed by atoms with Crippen molar-refractivity contribution in [3.8, 4) is 0 Å². The Kier molecular flexibility index (Phi) is 3.95. The minimum atomic E-state index is -1.22. The van der Waals surface area contributed by atoms with Crippen LogP contribution in [-0.4, -0.2) is 22.0 Å². The number of halogens is 2. The summed E-state index contributed by atoms with van der Waals surface area (Å²) in [4.78, 5) is 26.4. The number of carbonyl (C=O) groups is 2. The summed E-state index contributed by atoms with van der Waals surface area (Å²) < 4.78 is 13.5. The number of hydrogen-bond acceptors (Lipinski definition) is 3. The van der Waals surface area contributed by atoms with E-state index in [2.05, 4.69) is 10.3 Å². The minimum absolute atomic E-state index is 0.123. The fourth-order valence-corrected chi connectivity index (χ4v) is 1.67. The van der Waals surface area contributed by atoms with Crippen molar-refractivity contribution in [1.82, 2.24) is 4.98 Å². The van der Waals surface area contributed by atoms with Gasteiger partial charge >= 0.3 is 5.97 Å². The summed E-state index contributed by atoms with van der Waals surface area (Å²) in [7, 11) is 0. The molecule has 0 fully saturated rings. The van der Waals surface area contributed by atoms with E-state index >= 15 is 0 Å². The maximum atomic E-state index is 13.5. The summed E-state index contributed by atoms with van der Waals surface area (Å²) in [6.45, 7) is 0. The second-order valence-corrected chi connectivity index (χ2v) is 4.21. The van der Waals surface area contributed by atoms with Gasteiger partial charge in [0.05, 0.1) is 11.3 Å². The molecule has 5 nitrogen and oxygen atoms in total. The molecule has 0 spiro atoms. The molecular weight excluding hydrogens is 287 g/mol. The molecule has 0 radical (unpaired) electrons. The first kappa shape index (κ1) is 14.0. The SMILES string of the molecule is O=C(O)c1ccc(F)c(NC(=O)c2ccnc(Cl)c2)c1. The van der Waals surface area contributed by atoms with E-state index in [0.717, 1.165) is 18.2 Å². The smallest absolute Gasteiger partial charge is 0.335 e. The number of carboxylic acids is 1. The van der Waals surface area contributed by atoms with Crippen LogP contribution in [0, 0.1) is 5.82 Å². The van der Waals surface area contributed by atoms with E-state index in [1.807, 2.05) is 0 Å². The van der Waals surface area contributed by atoms with Crippen LogP contribution in [0.5, 0.6) is 0 Å².